The normalized spacial score (nSPS) is 38.5. The Labute approximate surface area is 85.0 Å². The van der Waals surface area contributed by atoms with Crippen LogP contribution in [0.2, 0.25) is 0 Å². The molecule has 0 bridgehead atoms. The molecule has 2 saturated carbocycles. The average Bonchev–Trinajstić information content (AvgIpc) is 2.69. The minimum absolute atomic E-state index is 0.132. The molecule has 1 N–H and O–H groups in total. The zero-order valence-corrected chi connectivity index (χ0v) is 9.35. The lowest BCUT2D eigenvalue weighted by Gasteiger charge is -2.17. The Bertz CT molecular complexity index is 334. The molecule has 2 rings (SSSR count). The highest BCUT2D eigenvalue weighted by Gasteiger charge is 2.72. The minimum atomic E-state index is -0.255. The van der Waals surface area contributed by atoms with Gasteiger partial charge in [-0.1, -0.05) is 25.0 Å². The summed E-state index contributed by atoms with van der Waals surface area (Å²) in [6.07, 6.45) is 0.543. The Morgan fingerprint density at radius 2 is 2.07 bits per heavy atom. The first-order chi connectivity index (χ1) is 6.38. The van der Waals surface area contributed by atoms with Crippen LogP contribution in [0.5, 0.6) is 0 Å². The molecule has 0 saturated heterocycles. The molecule has 0 aliphatic heterocycles. The van der Waals surface area contributed by atoms with Crippen LogP contribution in [0.4, 0.5) is 0 Å². The quantitative estimate of drug-likeness (QED) is 0.648. The van der Waals surface area contributed by atoms with Gasteiger partial charge in [0.25, 0.3) is 0 Å². The highest BCUT2D eigenvalue weighted by molar-refractivity contribution is 5.92. The van der Waals surface area contributed by atoms with E-state index in [9.17, 15) is 9.90 Å². The van der Waals surface area contributed by atoms with Crippen LogP contribution in [0.1, 0.15) is 34.1 Å². The molecule has 0 radical (unpaired) electrons. The predicted octanol–water partition coefficient (Wildman–Crippen LogP) is 1.93. The van der Waals surface area contributed by atoms with Gasteiger partial charge in [-0.15, -0.1) is 0 Å². The van der Waals surface area contributed by atoms with E-state index < -0.39 is 0 Å². The number of rotatable bonds is 1. The van der Waals surface area contributed by atoms with Crippen molar-refractivity contribution >= 4 is 5.78 Å². The fourth-order valence-corrected chi connectivity index (χ4v) is 3.36. The first-order valence-electron chi connectivity index (χ1n) is 5.20. The summed E-state index contributed by atoms with van der Waals surface area (Å²) in [7, 11) is 0. The van der Waals surface area contributed by atoms with Crippen molar-refractivity contribution in [1.29, 1.82) is 0 Å². The second-order valence-electron chi connectivity index (χ2n) is 5.48. The van der Waals surface area contributed by atoms with Crippen molar-refractivity contribution in [3.05, 3.63) is 11.1 Å². The van der Waals surface area contributed by atoms with E-state index in [1.807, 2.05) is 13.8 Å². The molecule has 0 aromatic heterocycles. The summed E-state index contributed by atoms with van der Waals surface area (Å²) < 4.78 is 0. The van der Waals surface area contributed by atoms with E-state index >= 15 is 0 Å². The number of aliphatic hydroxyl groups excluding tert-OH is 1. The summed E-state index contributed by atoms with van der Waals surface area (Å²) in [6, 6.07) is 0. The lowest BCUT2D eigenvalue weighted by Crippen LogP contribution is -2.22. The summed E-state index contributed by atoms with van der Waals surface area (Å²) >= 11 is 0. The SMILES string of the molecule is CC(C)=C1[C@H]2C(C)(C)C(=O)C[C@@]12CO. The summed E-state index contributed by atoms with van der Waals surface area (Å²) in [5, 5.41) is 9.45. The summed E-state index contributed by atoms with van der Waals surface area (Å²) in [5.41, 5.74) is 2.20. The number of carbonyl (C=O) groups excluding carboxylic acids is 1. The molecule has 2 heteroatoms. The molecule has 14 heavy (non-hydrogen) atoms. The molecule has 0 unspecified atom stereocenters. The molecule has 2 aliphatic carbocycles. The van der Waals surface area contributed by atoms with Crippen LogP contribution in [0.25, 0.3) is 0 Å². The smallest absolute Gasteiger partial charge is 0.140 e. The van der Waals surface area contributed by atoms with Gasteiger partial charge in [-0.25, -0.2) is 0 Å². The van der Waals surface area contributed by atoms with Crippen molar-refractivity contribution < 1.29 is 9.90 Å². The fourth-order valence-electron chi connectivity index (χ4n) is 3.36. The van der Waals surface area contributed by atoms with Crippen molar-refractivity contribution in [2.75, 3.05) is 6.61 Å². The molecule has 2 atom stereocenters. The zero-order valence-electron chi connectivity index (χ0n) is 9.35. The lowest BCUT2D eigenvalue weighted by atomic mass is 9.85. The third-order valence-electron chi connectivity index (χ3n) is 4.03. The van der Waals surface area contributed by atoms with E-state index in [0.29, 0.717) is 18.1 Å². The van der Waals surface area contributed by atoms with E-state index in [-0.39, 0.29) is 17.4 Å². The van der Waals surface area contributed by atoms with Crippen LogP contribution in [-0.2, 0) is 4.79 Å². The van der Waals surface area contributed by atoms with E-state index in [2.05, 4.69) is 13.8 Å². The lowest BCUT2D eigenvalue weighted by molar-refractivity contribution is -0.125. The molecule has 0 amide bonds. The maximum Gasteiger partial charge on any atom is 0.140 e. The van der Waals surface area contributed by atoms with Crippen molar-refractivity contribution in [2.45, 2.75) is 34.1 Å². The standard InChI is InChI=1S/C12H18O2/c1-7(2)9-10-11(3,4)8(14)5-12(9,10)6-13/h10,13H,5-6H2,1-4H3/t10-,12+/m0/s1. The van der Waals surface area contributed by atoms with Gasteiger partial charge < -0.3 is 5.11 Å². The highest BCUT2D eigenvalue weighted by Crippen LogP contribution is 2.73. The Kier molecular flexibility index (Phi) is 1.76. The van der Waals surface area contributed by atoms with Gasteiger partial charge >= 0.3 is 0 Å². The van der Waals surface area contributed by atoms with Crippen LogP contribution < -0.4 is 0 Å². The first-order valence-corrected chi connectivity index (χ1v) is 5.20. The number of hydrogen-bond acceptors (Lipinski definition) is 2. The summed E-state index contributed by atoms with van der Waals surface area (Å²) in [5.74, 6) is 0.610. The van der Waals surface area contributed by atoms with Gasteiger partial charge in [-0.3, -0.25) is 4.79 Å². The number of ketones is 1. The topological polar surface area (TPSA) is 37.3 Å². The zero-order chi connectivity index (χ0) is 10.7. The van der Waals surface area contributed by atoms with E-state index in [0.717, 1.165) is 0 Å². The molecule has 2 aliphatic rings. The molecular weight excluding hydrogens is 176 g/mol. The van der Waals surface area contributed by atoms with E-state index in [1.165, 1.54) is 11.1 Å². The van der Waals surface area contributed by atoms with Crippen LogP contribution >= 0.6 is 0 Å². The third-order valence-corrected chi connectivity index (χ3v) is 4.03. The van der Waals surface area contributed by atoms with Gasteiger partial charge in [0.1, 0.15) is 5.78 Å². The summed E-state index contributed by atoms with van der Waals surface area (Å²) in [4.78, 5) is 11.7. The van der Waals surface area contributed by atoms with Crippen LogP contribution in [0.15, 0.2) is 11.1 Å². The van der Waals surface area contributed by atoms with Crippen molar-refractivity contribution in [3.8, 4) is 0 Å². The second-order valence-corrected chi connectivity index (χ2v) is 5.48. The number of aliphatic hydroxyl groups is 1. The Morgan fingerprint density at radius 1 is 1.50 bits per heavy atom. The molecule has 78 valence electrons. The second kappa shape index (κ2) is 2.48. The average molecular weight is 194 g/mol. The molecule has 0 spiro atoms. The Morgan fingerprint density at radius 3 is 2.43 bits per heavy atom. The number of carbonyl (C=O) groups is 1. The Balaban J connectivity index is 2.46. The first kappa shape index (κ1) is 9.91. The maximum atomic E-state index is 11.7. The van der Waals surface area contributed by atoms with Gasteiger partial charge in [0, 0.05) is 23.2 Å². The highest BCUT2D eigenvalue weighted by atomic mass is 16.3. The van der Waals surface area contributed by atoms with Crippen LogP contribution in [0, 0.1) is 16.7 Å². The largest absolute Gasteiger partial charge is 0.395 e. The van der Waals surface area contributed by atoms with Crippen LogP contribution in [-0.4, -0.2) is 17.5 Å². The number of fused-ring (bicyclic) bond motifs is 1. The number of hydrogen-bond donors (Lipinski definition) is 1. The van der Waals surface area contributed by atoms with Crippen molar-refractivity contribution in [3.63, 3.8) is 0 Å². The van der Waals surface area contributed by atoms with Gasteiger partial charge in [-0.2, -0.15) is 0 Å². The van der Waals surface area contributed by atoms with Crippen LogP contribution in [0.3, 0.4) is 0 Å². The van der Waals surface area contributed by atoms with E-state index in [4.69, 9.17) is 0 Å². The monoisotopic (exact) mass is 194 g/mol. The molecular formula is C12H18O2. The van der Waals surface area contributed by atoms with Gasteiger partial charge in [0.05, 0.1) is 6.61 Å². The number of Topliss-reactive ketones (excluding diaryl/α,β-unsaturated/α-hetero) is 1. The third kappa shape index (κ3) is 0.876. The molecule has 0 aromatic rings. The molecule has 2 nitrogen and oxygen atoms in total. The van der Waals surface area contributed by atoms with Gasteiger partial charge in [0.2, 0.25) is 0 Å². The molecule has 2 fully saturated rings. The minimum Gasteiger partial charge on any atom is -0.395 e. The molecule has 0 heterocycles. The van der Waals surface area contributed by atoms with E-state index in [1.54, 1.807) is 0 Å². The number of allylic oxidation sites excluding steroid dienone is 1. The van der Waals surface area contributed by atoms with Gasteiger partial charge in [0.15, 0.2) is 0 Å². The Hall–Kier alpha value is -0.630. The maximum absolute atomic E-state index is 11.7. The van der Waals surface area contributed by atoms with Crippen molar-refractivity contribution in [2.24, 2.45) is 16.7 Å². The molecule has 0 aromatic carbocycles. The van der Waals surface area contributed by atoms with Crippen molar-refractivity contribution in [1.82, 2.24) is 0 Å². The summed E-state index contributed by atoms with van der Waals surface area (Å²) in [6.45, 7) is 8.30. The van der Waals surface area contributed by atoms with Gasteiger partial charge in [-0.05, 0) is 13.8 Å². The fraction of sp³-hybridized carbons (Fsp3) is 0.750. The predicted molar refractivity (Wildman–Crippen MR) is 54.8 cm³/mol.